The van der Waals surface area contributed by atoms with Crippen LogP contribution in [0.25, 0.3) is 0 Å². The first kappa shape index (κ1) is 26.6. The molecule has 13 heteroatoms. The molecular weight excluding hydrogens is 525 g/mol. The van der Waals surface area contributed by atoms with E-state index in [4.69, 9.17) is 27.9 Å². The standard InChI is InChI=1S/C21H25Cl2N3O6S2/c1-32-19-9-7-16(13-20(19)34(30,31)25-10-4-3-5-11-25)24-21(27)14-26(33(2,28)29)18-8-6-15(22)12-17(18)23/h6-9,12-13H,3-5,10-11,14H2,1-2H3,(H,24,27). The summed E-state index contributed by atoms with van der Waals surface area (Å²) >= 11 is 12.0. The Balaban J connectivity index is 1.87. The second-order valence-electron chi connectivity index (χ2n) is 7.74. The zero-order valence-electron chi connectivity index (χ0n) is 18.6. The predicted octanol–water partition coefficient (Wildman–Crippen LogP) is 3.58. The summed E-state index contributed by atoms with van der Waals surface area (Å²) in [7, 11) is -6.35. The monoisotopic (exact) mass is 549 g/mol. The highest BCUT2D eigenvalue weighted by Crippen LogP contribution is 2.32. The van der Waals surface area contributed by atoms with Crippen molar-refractivity contribution < 1.29 is 26.4 Å². The minimum absolute atomic E-state index is 0.0603. The zero-order valence-corrected chi connectivity index (χ0v) is 21.8. The van der Waals surface area contributed by atoms with Crippen LogP contribution in [0.1, 0.15) is 19.3 Å². The molecule has 0 bridgehead atoms. The number of carbonyl (C=O) groups is 1. The highest BCUT2D eigenvalue weighted by atomic mass is 35.5. The molecule has 3 rings (SSSR count). The number of hydrogen-bond donors (Lipinski definition) is 1. The number of nitrogens with zero attached hydrogens (tertiary/aromatic N) is 2. The van der Waals surface area contributed by atoms with Crippen LogP contribution in [-0.4, -0.2) is 60.0 Å². The lowest BCUT2D eigenvalue weighted by atomic mass is 10.2. The van der Waals surface area contributed by atoms with Crippen LogP contribution in [0, 0.1) is 0 Å². The third-order valence-electron chi connectivity index (χ3n) is 5.25. The van der Waals surface area contributed by atoms with Gasteiger partial charge in [0, 0.05) is 23.8 Å². The molecule has 0 radical (unpaired) electrons. The SMILES string of the molecule is COc1ccc(NC(=O)CN(c2ccc(Cl)cc2Cl)S(C)(=O)=O)cc1S(=O)(=O)N1CCCCC1. The topological polar surface area (TPSA) is 113 Å². The van der Waals surface area contributed by atoms with Gasteiger partial charge in [0.2, 0.25) is 26.0 Å². The van der Waals surface area contributed by atoms with Crippen LogP contribution >= 0.6 is 23.2 Å². The molecule has 186 valence electrons. The van der Waals surface area contributed by atoms with Crippen molar-refractivity contribution in [3.8, 4) is 5.75 Å². The molecule has 34 heavy (non-hydrogen) atoms. The van der Waals surface area contributed by atoms with E-state index in [2.05, 4.69) is 5.32 Å². The Bertz CT molecular complexity index is 1280. The van der Waals surface area contributed by atoms with E-state index in [0.29, 0.717) is 18.1 Å². The van der Waals surface area contributed by atoms with E-state index < -0.39 is 32.5 Å². The average molecular weight is 550 g/mol. The summed E-state index contributed by atoms with van der Waals surface area (Å²) in [4.78, 5) is 12.7. The Morgan fingerprint density at radius 3 is 2.32 bits per heavy atom. The fourth-order valence-corrected chi connectivity index (χ4v) is 6.72. The van der Waals surface area contributed by atoms with E-state index in [0.717, 1.165) is 29.8 Å². The molecule has 1 N–H and O–H groups in total. The van der Waals surface area contributed by atoms with Crippen molar-refractivity contribution in [1.82, 2.24) is 4.31 Å². The van der Waals surface area contributed by atoms with Crippen molar-refractivity contribution in [3.63, 3.8) is 0 Å². The quantitative estimate of drug-likeness (QED) is 0.538. The lowest BCUT2D eigenvalue weighted by Gasteiger charge is -2.27. The van der Waals surface area contributed by atoms with Gasteiger partial charge < -0.3 is 10.1 Å². The lowest BCUT2D eigenvalue weighted by Crippen LogP contribution is -2.37. The number of hydrogen-bond acceptors (Lipinski definition) is 6. The van der Waals surface area contributed by atoms with Crippen molar-refractivity contribution in [2.75, 3.05) is 42.6 Å². The number of carbonyl (C=O) groups excluding carboxylic acids is 1. The van der Waals surface area contributed by atoms with Gasteiger partial charge in [-0.1, -0.05) is 29.6 Å². The summed E-state index contributed by atoms with van der Waals surface area (Å²) in [5.41, 5.74) is 0.267. The van der Waals surface area contributed by atoms with Crippen LogP contribution in [0.4, 0.5) is 11.4 Å². The van der Waals surface area contributed by atoms with Crippen molar-refractivity contribution in [2.45, 2.75) is 24.2 Å². The smallest absolute Gasteiger partial charge is 0.246 e. The molecule has 0 spiro atoms. The molecule has 1 saturated heterocycles. The van der Waals surface area contributed by atoms with E-state index in [9.17, 15) is 21.6 Å². The van der Waals surface area contributed by atoms with Crippen LogP contribution in [0.3, 0.4) is 0 Å². The third-order valence-corrected chi connectivity index (χ3v) is 8.83. The van der Waals surface area contributed by atoms with Gasteiger partial charge in [-0.3, -0.25) is 9.10 Å². The minimum Gasteiger partial charge on any atom is -0.495 e. The Morgan fingerprint density at radius 1 is 1.06 bits per heavy atom. The molecular formula is C21H25Cl2N3O6S2. The maximum atomic E-state index is 13.2. The van der Waals surface area contributed by atoms with Crippen molar-refractivity contribution in [1.29, 1.82) is 0 Å². The molecule has 1 fully saturated rings. The molecule has 0 aromatic heterocycles. The van der Waals surface area contributed by atoms with Gasteiger partial charge in [-0.05, 0) is 49.2 Å². The van der Waals surface area contributed by atoms with Crippen LogP contribution in [0.15, 0.2) is 41.3 Å². The highest BCUT2D eigenvalue weighted by Gasteiger charge is 2.30. The summed E-state index contributed by atoms with van der Waals surface area (Å²) in [6.07, 6.45) is 3.45. The molecule has 0 aliphatic carbocycles. The summed E-state index contributed by atoms with van der Waals surface area (Å²) in [5.74, 6) is -0.544. The van der Waals surface area contributed by atoms with Crippen molar-refractivity contribution >= 4 is 60.5 Å². The van der Waals surface area contributed by atoms with E-state index in [1.54, 1.807) is 0 Å². The van der Waals surface area contributed by atoms with E-state index >= 15 is 0 Å². The van der Waals surface area contributed by atoms with Gasteiger partial charge in [-0.15, -0.1) is 0 Å². The van der Waals surface area contributed by atoms with Gasteiger partial charge in [0.05, 0.1) is 24.1 Å². The summed E-state index contributed by atoms with van der Waals surface area (Å²) in [6, 6.07) is 8.45. The summed E-state index contributed by atoms with van der Waals surface area (Å²) in [5, 5.41) is 2.93. The van der Waals surface area contributed by atoms with Crippen LogP contribution < -0.4 is 14.4 Å². The molecule has 0 unspecified atom stereocenters. The maximum Gasteiger partial charge on any atom is 0.246 e. The van der Waals surface area contributed by atoms with Gasteiger partial charge in [-0.25, -0.2) is 16.8 Å². The fourth-order valence-electron chi connectivity index (χ4n) is 3.60. The summed E-state index contributed by atoms with van der Waals surface area (Å²) < 4.78 is 58.6. The third kappa shape index (κ3) is 6.14. The number of rotatable bonds is 8. The first-order chi connectivity index (χ1) is 15.9. The molecule has 2 aromatic carbocycles. The molecule has 9 nitrogen and oxygen atoms in total. The Kier molecular flexibility index (Phi) is 8.35. The van der Waals surface area contributed by atoms with Crippen LogP contribution in [0.2, 0.25) is 10.0 Å². The molecule has 1 aliphatic rings. The number of amides is 1. The van der Waals surface area contributed by atoms with E-state index in [1.807, 2.05) is 0 Å². The molecule has 1 aliphatic heterocycles. The van der Waals surface area contributed by atoms with Crippen molar-refractivity contribution in [2.24, 2.45) is 0 Å². The Morgan fingerprint density at radius 2 is 1.74 bits per heavy atom. The maximum absolute atomic E-state index is 13.2. The number of sulfonamides is 2. The number of methoxy groups -OCH3 is 1. The van der Waals surface area contributed by atoms with Gasteiger partial charge >= 0.3 is 0 Å². The Labute approximate surface area is 209 Å². The van der Waals surface area contributed by atoms with Gasteiger partial charge in [0.25, 0.3) is 0 Å². The van der Waals surface area contributed by atoms with Gasteiger partial charge in [0.15, 0.2) is 0 Å². The highest BCUT2D eigenvalue weighted by molar-refractivity contribution is 7.92. The largest absolute Gasteiger partial charge is 0.495 e. The van der Waals surface area contributed by atoms with Gasteiger partial charge in [0.1, 0.15) is 17.2 Å². The molecule has 1 heterocycles. The van der Waals surface area contributed by atoms with Crippen molar-refractivity contribution in [3.05, 3.63) is 46.4 Å². The Hall–Kier alpha value is -2.05. The normalized spacial score (nSPS) is 15.1. The predicted molar refractivity (Wildman–Crippen MR) is 133 cm³/mol. The molecule has 0 atom stereocenters. The second kappa shape index (κ2) is 10.7. The van der Waals surface area contributed by atoms with Crippen LogP contribution in [0.5, 0.6) is 5.75 Å². The van der Waals surface area contributed by atoms with Gasteiger partial charge in [-0.2, -0.15) is 4.31 Å². The lowest BCUT2D eigenvalue weighted by molar-refractivity contribution is -0.114. The molecule has 0 saturated carbocycles. The zero-order chi connectivity index (χ0) is 25.1. The second-order valence-corrected chi connectivity index (χ2v) is 12.4. The summed E-state index contributed by atoms with van der Waals surface area (Å²) in [6.45, 7) is 0.237. The number of anilines is 2. The number of nitrogens with one attached hydrogen (secondary N) is 1. The number of ether oxygens (including phenoxy) is 1. The van der Waals surface area contributed by atoms with E-state index in [1.165, 1.54) is 47.8 Å². The molecule has 1 amide bonds. The van der Waals surface area contributed by atoms with Crippen LogP contribution in [-0.2, 0) is 24.8 Å². The first-order valence-electron chi connectivity index (χ1n) is 10.3. The fraction of sp³-hybridized carbons (Fsp3) is 0.381. The first-order valence-corrected chi connectivity index (χ1v) is 14.4. The molecule has 2 aromatic rings. The number of benzene rings is 2. The minimum atomic E-state index is -3.87. The number of halogens is 2. The average Bonchev–Trinajstić information content (AvgIpc) is 2.78. The van der Waals surface area contributed by atoms with E-state index in [-0.39, 0.29) is 27.0 Å². The number of piperidine rings is 1.